The Morgan fingerprint density at radius 1 is 1.07 bits per heavy atom. The van der Waals surface area contributed by atoms with E-state index in [1.165, 1.54) is 18.4 Å². The molecule has 0 heterocycles. The molecular formula is C19H25Cl2IN4O2S. The Balaban J connectivity index is 0.00000420. The quantitative estimate of drug-likeness (QED) is 0.298. The Morgan fingerprint density at radius 2 is 1.72 bits per heavy atom. The number of guanidine groups is 1. The van der Waals surface area contributed by atoms with Crippen molar-refractivity contribution in [1.29, 1.82) is 0 Å². The Kier molecular flexibility index (Phi) is 10.7. The van der Waals surface area contributed by atoms with Crippen molar-refractivity contribution in [3.8, 4) is 0 Å². The van der Waals surface area contributed by atoms with Gasteiger partial charge >= 0.3 is 0 Å². The van der Waals surface area contributed by atoms with Gasteiger partial charge in [-0.25, -0.2) is 17.7 Å². The molecule has 2 aromatic carbocycles. The fourth-order valence-corrected chi connectivity index (χ4v) is 3.71. The van der Waals surface area contributed by atoms with E-state index >= 15 is 0 Å². The van der Waals surface area contributed by atoms with Crippen molar-refractivity contribution in [2.24, 2.45) is 4.99 Å². The van der Waals surface area contributed by atoms with Crippen LogP contribution < -0.4 is 10.6 Å². The molecule has 29 heavy (non-hydrogen) atoms. The first kappa shape index (κ1) is 26.0. The van der Waals surface area contributed by atoms with Gasteiger partial charge in [-0.05, 0) is 42.3 Å². The van der Waals surface area contributed by atoms with Crippen molar-refractivity contribution in [2.45, 2.75) is 24.9 Å². The van der Waals surface area contributed by atoms with Crippen LogP contribution in [0.2, 0.25) is 10.0 Å². The average molecular weight is 571 g/mol. The molecule has 6 nitrogen and oxygen atoms in total. The number of nitrogens with one attached hydrogen (secondary N) is 2. The van der Waals surface area contributed by atoms with Gasteiger partial charge in [-0.15, -0.1) is 24.0 Å². The maximum atomic E-state index is 12.1. The lowest BCUT2D eigenvalue weighted by atomic mass is 10.2. The van der Waals surface area contributed by atoms with Crippen LogP contribution in [-0.4, -0.2) is 39.3 Å². The number of sulfonamides is 1. The van der Waals surface area contributed by atoms with Gasteiger partial charge in [0.15, 0.2) is 5.96 Å². The molecule has 0 aliphatic carbocycles. The average Bonchev–Trinajstić information content (AvgIpc) is 2.65. The second kappa shape index (κ2) is 11.9. The highest BCUT2D eigenvalue weighted by molar-refractivity contribution is 14.0. The third kappa shape index (κ3) is 7.60. The molecule has 10 heteroatoms. The molecule has 0 aliphatic heterocycles. The summed E-state index contributed by atoms with van der Waals surface area (Å²) in [7, 11) is -0.412. The summed E-state index contributed by atoms with van der Waals surface area (Å²) in [6.07, 6.45) is 0. The van der Waals surface area contributed by atoms with E-state index in [-0.39, 0.29) is 28.9 Å². The summed E-state index contributed by atoms with van der Waals surface area (Å²) < 4.78 is 25.4. The Bertz CT molecular complexity index is 936. The molecule has 0 saturated heterocycles. The minimum atomic E-state index is -3.43. The van der Waals surface area contributed by atoms with Crippen LogP contribution >= 0.6 is 47.2 Å². The lowest BCUT2D eigenvalue weighted by Gasteiger charge is -2.13. The molecule has 0 aliphatic rings. The number of hydrogen-bond acceptors (Lipinski definition) is 3. The minimum Gasteiger partial charge on any atom is -0.357 e. The van der Waals surface area contributed by atoms with E-state index < -0.39 is 10.0 Å². The maximum absolute atomic E-state index is 12.1. The smallest absolute Gasteiger partial charge is 0.242 e. The van der Waals surface area contributed by atoms with Crippen LogP contribution in [0.3, 0.4) is 0 Å². The first-order valence-corrected chi connectivity index (χ1v) is 10.9. The van der Waals surface area contributed by atoms with Crippen LogP contribution in [0.15, 0.2) is 52.4 Å². The second-order valence-corrected chi connectivity index (χ2v) is 9.21. The SMILES string of the molecule is CCNC(=NCc1ccc(S(=O)(=O)N(C)C)cc1)NCc1ccc(Cl)cc1Cl.I. The lowest BCUT2D eigenvalue weighted by molar-refractivity contribution is 0.520. The zero-order chi connectivity index (χ0) is 20.7. The monoisotopic (exact) mass is 570 g/mol. The normalized spacial score (nSPS) is 11.9. The van der Waals surface area contributed by atoms with Gasteiger partial charge in [0, 0.05) is 37.2 Å². The van der Waals surface area contributed by atoms with Gasteiger partial charge in [0.05, 0.1) is 11.4 Å². The maximum Gasteiger partial charge on any atom is 0.242 e. The standard InChI is InChI=1S/C19H24Cl2N4O2S.HI/c1-4-22-19(24-13-15-7-8-16(20)11-18(15)21)23-12-14-5-9-17(10-6-14)28(26,27)25(2)3;/h5-11H,4,12-13H2,1-3H3,(H2,22,23,24);1H. The molecule has 160 valence electrons. The number of nitrogens with zero attached hydrogens (tertiary/aromatic N) is 2. The molecule has 0 radical (unpaired) electrons. The van der Waals surface area contributed by atoms with Gasteiger partial charge in [0.25, 0.3) is 0 Å². The largest absolute Gasteiger partial charge is 0.357 e. The van der Waals surface area contributed by atoms with Crippen LogP contribution in [0, 0.1) is 0 Å². The number of aliphatic imine (C=N–C) groups is 1. The van der Waals surface area contributed by atoms with Crippen LogP contribution in [-0.2, 0) is 23.1 Å². The molecule has 2 rings (SSSR count). The van der Waals surface area contributed by atoms with Crippen molar-refractivity contribution in [3.63, 3.8) is 0 Å². The fourth-order valence-electron chi connectivity index (χ4n) is 2.33. The van der Waals surface area contributed by atoms with Gasteiger partial charge in [0.1, 0.15) is 0 Å². The summed E-state index contributed by atoms with van der Waals surface area (Å²) in [5, 5.41) is 7.58. The predicted molar refractivity (Wildman–Crippen MR) is 131 cm³/mol. The molecule has 0 amide bonds. The molecule has 0 unspecified atom stereocenters. The highest BCUT2D eigenvalue weighted by Gasteiger charge is 2.16. The third-order valence-electron chi connectivity index (χ3n) is 3.93. The van der Waals surface area contributed by atoms with Crippen molar-refractivity contribution >= 4 is 63.2 Å². The summed E-state index contributed by atoms with van der Waals surface area (Å²) in [6, 6.07) is 12.1. The van der Waals surface area contributed by atoms with E-state index in [4.69, 9.17) is 23.2 Å². The van der Waals surface area contributed by atoms with Crippen molar-refractivity contribution in [2.75, 3.05) is 20.6 Å². The summed E-state index contributed by atoms with van der Waals surface area (Å²) in [6.45, 7) is 3.60. The minimum absolute atomic E-state index is 0. The first-order chi connectivity index (χ1) is 13.2. The Labute approximate surface area is 199 Å². The number of hydrogen-bond donors (Lipinski definition) is 2. The van der Waals surface area contributed by atoms with Gasteiger partial charge < -0.3 is 10.6 Å². The number of halogens is 3. The molecule has 2 aromatic rings. The van der Waals surface area contributed by atoms with Crippen molar-refractivity contribution < 1.29 is 8.42 Å². The van der Waals surface area contributed by atoms with Gasteiger partial charge in [-0.2, -0.15) is 0 Å². The molecule has 0 saturated carbocycles. The highest BCUT2D eigenvalue weighted by Crippen LogP contribution is 2.20. The van der Waals surface area contributed by atoms with Crippen LogP contribution in [0.5, 0.6) is 0 Å². The predicted octanol–water partition coefficient (Wildman–Crippen LogP) is 4.12. The lowest BCUT2D eigenvalue weighted by Crippen LogP contribution is -2.36. The fraction of sp³-hybridized carbons (Fsp3) is 0.316. The van der Waals surface area contributed by atoms with E-state index in [1.807, 2.05) is 13.0 Å². The van der Waals surface area contributed by atoms with Crippen molar-refractivity contribution in [1.82, 2.24) is 14.9 Å². The molecule has 0 spiro atoms. The van der Waals surface area contributed by atoms with Gasteiger partial charge in [0.2, 0.25) is 10.0 Å². The topological polar surface area (TPSA) is 73.8 Å². The van der Waals surface area contributed by atoms with Crippen LogP contribution in [0.1, 0.15) is 18.1 Å². The molecule has 0 fully saturated rings. The number of rotatable bonds is 7. The van der Waals surface area contributed by atoms with Crippen LogP contribution in [0.4, 0.5) is 0 Å². The second-order valence-electron chi connectivity index (χ2n) is 6.22. The summed E-state index contributed by atoms with van der Waals surface area (Å²) in [4.78, 5) is 4.80. The zero-order valence-corrected chi connectivity index (χ0v) is 21.1. The van der Waals surface area contributed by atoms with E-state index in [0.717, 1.165) is 11.1 Å². The Hall–Kier alpha value is -1.07. The molecule has 0 atom stereocenters. The Morgan fingerprint density at radius 3 is 2.28 bits per heavy atom. The van der Waals surface area contributed by atoms with Gasteiger partial charge in [-0.3, -0.25) is 0 Å². The first-order valence-electron chi connectivity index (χ1n) is 8.71. The van der Waals surface area contributed by atoms with E-state index in [1.54, 1.807) is 36.4 Å². The van der Waals surface area contributed by atoms with E-state index in [0.29, 0.717) is 35.6 Å². The van der Waals surface area contributed by atoms with Crippen LogP contribution in [0.25, 0.3) is 0 Å². The van der Waals surface area contributed by atoms with Crippen molar-refractivity contribution in [3.05, 3.63) is 63.6 Å². The molecule has 2 N–H and O–H groups in total. The van der Waals surface area contributed by atoms with E-state index in [9.17, 15) is 8.42 Å². The van der Waals surface area contributed by atoms with E-state index in [2.05, 4.69) is 15.6 Å². The van der Waals surface area contributed by atoms with Gasteiger partial charge in [-0.1, -0.05) is 41.4 Å². The summed E-state index contributed by atoms with van der Waals surface area (Å²) in [5.74, 6) is 0.638. The zero-order valence-electron chi connectivity index (χ0n) is 16.4. The summed E-state index contributed by atoms with van der Waals surface area (Å²) >= 11 is 12.1. The highest BCUT2D eigenvalue weighted by atomic mass is 127. The molecule has 0 bridgehead atoms. The summed E-state index contributed by atoms with van der Waals surface area (Å²) in [5.41, 5.74) is 1.81. The molecular weight excluding hydrogens is 546 g/mol. The number of benzene rings is 2. The third-order valence-corrected chi connectivity index (χ3v) is 6.34. The molecule has 0 aromatic heterocycles.